The summed E-state index contributed by atoms with van der Waals surface area (Å²) in [5, 5.41) is 0. The maximum Gasteiger partial charge on any atom is 0.111 e. The van der Waals surface area contributed by atoms with E-state index in [0.29, 0.717) is 6.42 Å². The highest BCUT2D eigenvalue weighted by Gasteiger charge is 2.12. The van der Waals surface area contributed by atoms with Gasteiger partial charge in [-0.1, -0.05) is 54.6 Å². The van der Waals surface area contributed by atoms with E-state index in [0.717, 1.165) is 50.6 Å². The fourth-order valence-electron chi connectivity index (χ4n) is 3.51. The highest BCUT2D eigenvalue weighted by atomic mass is 14.9. The van der Waals surface area contributed by atoms with Crippen LogP contribution in [-0.4, -0.2) is 19.9 Å². The summed E-state index contributed by atoms with van der Waals surface area (Å²) < 4.78 is 0. The predicted molar refractivity (Wildman–Crippen MR) is 113 cm³/mol. The Morgan fingerprint density at radius 3 is 2.54 bits per heavy atom. The minimum atomic E-state index is 0.675. The van der Waals surface area contributed by atoms with E-state index in [1.165, 1.54) is 0 Å². The summed E-state index contributed by atoms with van der Waals surface area (Å²) in [6.45, 7) is 0. The molecular formula is C23H19N5. The van der Waals surface area contributed by atoms with Gasteiger partial charge >= 0.3 is 0 Å². The van der Waals surface area contributed by atoms with Crippen LogP contribution in [0.3, 0.4) is 0 Å². The SMILES string of the molecule is Nc1ccccc1Cc1nc2ccc(-c3nc[nH]c3-c3ccccc3)cc2[nH]1. The van der Waals surface area contributed by atoms with Gasteiger partial charge in [0.1, 0.15) is 5.82 Å². The third kappa shape index (κ3) is 2.93. The molecule has 0 saturated heterocycles. The van der Waals surface area contributed by atoms with Gasteiger partial charge in [-0.3, -0.25) is 0 Å². The highest BCUT2D eigenvalue weighted by Crippen LogP contribution is 2.30. The zero-order chi connectivity index (χ0) is 18.9. The van der Waals surface area contributed by atoms with Gasteiger partial charge in [0.25, 0.3) is 0 Å². The van der Waals surface area contributed by atoms with E-state index in [1.54, 1.807) is 6.33 Å². The normalized spacial score (nSPS) is 11.1. The largest absolute Gasteiger partial charge is 0.398 e. The van der Waals surface area contributed by atoms with Gasteiger partial charge in [0.05, 0.1) is 28.7 Å². The van der Waals surface area contributed by atoms with E-state index < -0.39 is 0 Å². The van der Waals surface area contributed by atoms with Gasteiger partial charge in [-0.05, 0) is 23.8 Å². The number of H-pyrrole nitrogens is 2. The molecule has 5 heteroatoms. The Morgan fingerprint density at radius 2 is 1.68 bits per heavy atom. The van der Waals surface area contributed by atoms with E-state index in [2.05, 4.69) is 39.2 Å². The molecule has 5 nitrogen and oxygen atoms in total. The van der Waals surface area contributed by atoms with Gasteiger partial charge in [0, 0.05) is 23.2 Å². The minimum absolute atomic E-state index is 0.675. The third-order valence-corrected chi connectivity index (χ3v) is 4.92. The zero-order valence-corrected chi connectivity index (χ0v) is 15.2. The van der Waals surface area contributed by atoms with Crippen molar-refractivity contribution in [3.63, 3.8) is 0 Å². The van der Waals surface area contributed by atoms with Crippen molar-refractivity contribution >= 4 is 16.7 Å². The van der Waals surface area contributed by atoms with Crippen molar-refractivity contribution in [3.8, 4) is 22.5 Å². The first kappa shape index (κ1) is 16.3. The molecule has 5 aromatic rings. The van der Waals surface area contributed by atoms with Crippen molar-refractivity contribution in [1.82, 2.24) is 19.9 Å². The number of hydrogen-bond acceptors (Lipinski definition) is 3. The molecule has 0 unspecified atom stereocenters. The molecule has 3 aromatic carbocycles. The predicted octanol–water partition coefficient (Wildman–Crippen LogP) is 4.79. The Kier molecular flexibility index (Phi) is 3.91. The molecule has 0 aliphatic heterocycles. The molecule has 0 saturated carbocycles. The topological polar surface area (TPSA) is 83.4 Å². The van der Waals surface area contributed by atoms with Crippen LogP contribution in [-0.2, 0) is 6.42 Å². The molecule has 0 amide bonds. The molecule has 0 aliphatic rings. The van der Waals surface area contributed by atoms with Crippen LogP contribution in [0.1, 0.15) is 11.4 Å². The van der Waals surface area contributed by atoms with Crippen LogP contribution in [0, 0.1) is 0 Å². The van der Waals surface area contributed by atoms with E-state index in [4.69, 9.17) is 10.7 Å². The van der Waals surface area contributed by atoms with Crippen molar-refractivity contribution < 1.29 is 0 Å². The Hall–Kier alpha value is -3.86. The number of imidazole rings is 2. The van der Waals surface area contributed by atoms with E-state index >= 15 is 0 Å². The van der Waals surface area contributed by atoms with E-state index in [9.17, 15) is 0 Å². The molecule has 4 N–H and O–H groups in total. The van der Waals surface area contributed by atoms with Gasteiger partial charge in [-0.15, -0.1) is 0 Å². The number of fused-ring (bicyclic) bond motifs is 1. The van der Waals surface area contributed by atoms with Gasteiger partial charge in [-0.2, -0.15) is 0 Å². The maximum absolute atomic E-state index is 6.07. The number of nitrogens with zero attached hydrogens (tertiary/aromatic N) is 2. The van der Waals surface area contributed by atoms with Crippen LogP contribution >= 0.6 is 0 Å². The van der Waals surface area contributed by atoms with Crippen molar-refractivity contribution in [2.75, 3.05) is 5.73 Å². The van der Waals surface area contributed by atoms with Gasteiger partial charge in [0.2, 0.25) is 0 Å². The molecule has 2 heterocycles. The van der Waals surface area contributed by atoms with Crippen LogP contribution in [0.5, 0.6) is 0 Å². The lowest BCUT2D eigenvalue weighted by Crippen LogP contribution is -1.96. The maximum atomic E-state index is 6.07. The first-order chi connectivity index (χ1) is 13.8. The van der Waals surface area contributed by atoms with Gasteiger partial charge in [-0.25, -0.2) is 9.97 Å². The molecule has 28 heavy (non-hydrogen) atoms. The minimum Gasteiger partial charge on any atom is -0.398 e. The summed E-state index contributed by atoms with van der Waals surface area (Å²) in [6, 6.07) is 24.3. The molecule has 2 aromatic heterocycles. The van der Waals surface area contributed by atoms with Gasteiger partial charge in [0.15, 0.2) is 0 Å². The van der Waals surface area contributed by atoms with Crippen molar-refractivity contribution in [3.05, 3.63) is 90.5 Å². The Balaban J connectivity index is 1.52. The molecule has 0 aliphatic carbocycles. The monoisotopic (exact) mass is 365 g/mol. The molecular weight excluding hydrogens is 346 g/mol. The number of rotatable bonds is 4. The van der Waals surface area contributed by atoms with E-state index in [1.807, 2.05) is 48.5 Å². The molecule has 0 fully saturated rings. The fraction of sp³-hybridized carbons (Fsp3) is 0.0435. The Morgan fingerprint density at radius 1 is 0.857 bits per heavy atom. The number of aromatic amines is 2. The number of anilines is 1. The lowest BCUT2D eigenvalue weighted by Gasteiger charge is -2.03. The third-order valence-electron chi connectivity index (χ3n) is 4.92. The Bertz CT molecular complexity index is 1250. The summed E-state index contributed by atoms with van der Waals surface area (Å²) in [5.41, 5.74) is 13.9. The standard InChI is InChI=1S/C23H19N5/c24-18-9-5-4-8-16(18)13-21-27-19-11-10-17(12-20(19)28-21)23-22(25-14-26-23)15-6-2-1-3-7-15/h1-12,14H,13,24H2,(H,25,26)(H,27,28). The summed E-state index contributed by atoms with van der Waals surface area (Å²) in [4.78, 5) is 16.0. The number of hydrogen-bond donors (Lipinski definition) is 3. The van der Waals surface area contributed by atoms with Crippen LogP contribution in [0.4, 0.5) is 5.69 Å². The number of nitrogen functional groups attached to an aromatic ring is 1. The quantitative estimate of drug-likeness (QED) is 0.400. The van der Waals surface area contributed by atoms with Crippen LogP contribution in [0.2, 0.25) is 0 Å². The van der Waals surface area contributed by atoms with Crippen LogP contribution < -0.4 is 5.73 Å². The number of para-hydroxylation sites is 1. The van der Waals surface area contributed by atoms with Crippen molar-refractivity contribution in [2.24, 2.45) is 0 Å². The average Bonchev–Trinajstić information content (AvgIpc) is 3.36. The number of aromatic nitrogens is 4. The number of nitrogens with one attached hydrogen (secondary N) is 2. The lowest BCUT2D eigenvalue weighted by molar-refractivity contribution is 1.04. The van der Waals surface area contributed by atoms with Crippen molar-refractivity contribution in [2.45, 2.75) is 6.42 Å². The summed E-state index contributed by atoms with van der Waals surface area (Å²) in [7, 11) is 0. The molecule has 0 radical (unpaired) electrons. The smallest absolute Gasteiger partial charge is 0.111 e. The summed E-state index contributed by atoms with van der Waals surface area (Å²) >= 11 is 0. The van der Waals surface area contributed by atoms with Crippen molar-refractivity contribution in [1.29, 1.82) is 0 Å². The molecule has 0 bridgehead atoms. The number of nitrogens with two attached hydrogens (primary N) is 1. The van der Waals surface area contributed by atoms with Crippen LogP contribution in [0.15, 0.2) is 79.1 Å². The lowest BCUT2D eigenvalue weighted by atomic mass is 10.0. The number of benzene rings is 3. The first-order valence-corrected chi connectivity index (χ1v) is 9.19. The molecule has 136 valence electrons. The second kappa shape index (κ2) is 6.70. The second-order valence-corrected chi connectivity index (χ2v) is 6.78. The average molecular weight is 365 g/mol. The molecule has 5 rings (SSSR count). The van der Waals surface area contributed by atoms with Crippen LogP contribution in [0.25, 0.3) is 33.5 Å². The Labute approximate surface area is 162 Å². The summed E-state index contributed by atoms with van der Waals surface area (Å²) in [5.74, 6) is 0.898. The van der Waals surface area contributed by atoms with Gasteiger partial charge < -0.3 is 15.7 Å². The molecule has 0 spiro atoms. The first-order valence-electron chi connectivity index (χ1n) is 9.19. The summed E-state index contributed by atoms with van der Waals surface area (Å²) in [6.07, 6.45) is 2.41. The fourth-order valence-corrected chi connectivity index (χ4v) is 3.51. The zero-order valence-electron chi connectivity index (χ0n) is 15.2. The highest BCUT2D eigenvalue weighted by molar-refractivity contribution is 5.85. The molecule has 0 atom stereocenters. The van der Waals surface area contributed by atoms with E-state index in [-0.39, 0.29) is 0 Å². The second-order valence-electron chi connectivity index (χ2n) is 6.78.